The molecule has 1 aliphatic carbocycles. The van der Waals surface area contributed by atoms with E-state index in [2.05, 4.69) is 92.7 Å². The fourth-order valence-corrected chi connectivity index (χ4v) is 5.92. The molecule has 29 heavy (non-hydrogen) atoms. The van der Waals surface area contributed by atoms with E-state index in [-0.39, 0.29) is 0 Å². The summed E-state index contributed by atoms with van der Waals surface area (Å²) in [5.41, 5.74) is 9.85. The summed E-state index contributed by atoms with van der Waals surface area (Å²) in [6, 6.07) is 29.6. The van der Waals surface area contributed by atoms with Crippen molar-refractivity contribution < 1.29 is 0 Å². The first-order valence-electron chi connectivity index (χ1n) is 10.4. The van der Waals surface area contributed by atoms with E-state index < -0.39 is 0 Å². The number of fused-ring (bicyclic) bond motifs is 6. The minimum Gasteiger partial charge on any atom is -0.135 e. The lowest BCUT2D eigenvalue weighted by molar-refractivity contribution is 0.866. The molecule has 5 aromatic rings. The van der Waals surface area contributed by atoms with Crippen LogP contribution in [0.1, 0.15) is 36.5 Å². The summed E-state index contributed by atoms with van der Waals surface area (Å²) < 4.78 is 2.76. The summed E-state index contributed by atoms with van der Waals surface area (Å²) in [5.74, 6) is 0.555. The zero-order chi connectivity index (χ0) is 19.5. The molecular formula is C28H22S. The molecule has 0 spiro atoms. The lowest BCUT2D eigenvalue weighted by Crippen LogP contribution is -1.89. The second-order valence-electron chi connectivity index (χ2n) is 8.40. The largest absolute Gasteiger partial charge is 0.135 e. The molecule has 0 saturated carbocycles. The van der Waals surface area contributed by atoms with Crippen LogP contribution in [0.2, 0.25) is 0 Å². The van der Waals surface area contributed by atoms with Gasteiger partial charge >= 0.3 is 0 Å². The molecule has 1 aliphatic rings. The van der Waals surface area contributed by atoms with Gasteiger partial charge in [-0.25, -0.2) is 0 Å². The Bertz CT molecular complexity index is 1400. The van der Waals surface area contributed by atoms with Crippen LogP contribution in [0.3, 0.4) is 0 Å². The normalized spacial score (nSPS) is 12.7. The minimum absolute atomic E-state index is 0.555. The van der Waals surface area contributed by atoms with Crippen molar-refractivity contribution in [3.05, 3.63) is 95.6 Å². The van der Waals surface area contributed by atoms with Gasteiger partial charge in [-0.2, -0.15) is 0 Å². The quantitative estimate of drug-likeness (QED) is 0.278. The van der Waals surface area contributed by atoms with Crippen LogP contribution < -0.4 is 0 Å². The van der Waals surface area contributed by atoms with Crippen molar-refractivity contribution in [1.29, 1.82) is 0 Å². The maximum absolute atomic E-state index is 2.42. The van der Waals surface area contributed by atoms with Crippen LogP contribution in [-0.4, -0.2) is 0 Å². The number of hydrogen-bond donors (Lipinski definition) is 0. The van der Waals surface area contributed by atoms with Gasteiger partial charge in [0.25, 0.3) is 0 Å². The highest BCUT2D eigenvalue weighted by molar-refractivity contribution is 7.26. The summed E-state index contributed by atoms with van der Waals surface area (Å²) in [7, 11) is 0. The Morgan fingerprint density at radius 2 is 1.45 bits per heavy atom. The first-order chi connectivity index (χ1) is 14.2. The van der Waals surface area contributed by atoms with Crippen LogP contribution in [0, 0.1) is 0 Å². The van der Waals surface area contributed by atoms with Crippen molar-refractivity contribution in [3.8, 4) is 22.3 Å². The lowest BCUT2D eigenvalue weighted by atomic mass is 9.95. The van der Waals surface area contributed by atoms with Crippen molar-refractivity contribution >= 4 is 31.5 Å². The molecule has 0 N–H and O–H groups in total. The van der Waals surface area contributed by atoms with E-state index >= 15 is 0 Å². The predicted octanol–water partition coefficient (Wildman–Crippen LogP) is 8.42. The molecule has 0 aliphatic heterocycles. The van der Waals surface area contributed by atoms with Crippen LogP contribution in [0.25, 0.3) is 42.4 Å². The zero-order valence-corrected chi connectivity index (χ0v) is 17.5. The first kappa shape index (κ1) is 17.0. The summed E-state index contributed by atoms with van der Waals surface area (Å²) in [6.07, 6.45) is 1.05. The number of thiophene rings is 1. The van der Waals surface area contributed by atoms with Crippen LogP contribution in [0.5, 0.6) is 0 Å². The molecule has 1 heterocycles. The van der Waals surface area contributed by atoms with Gasteiger partial charge in [0.15, 0.2) is 0 Å². The molecule has 0 radical (unpaired) electrons. The van der Waals surface area contributed by atoms with Crippen LogP contribution in [0.4, 0.5) is 0 Å². The average Bonchev–Trinajstić information content (AvgIpc) is 3.30. The molecule has 4 aromatic carbocycles. The Labute approximate surface area is 175 Å². The maximum Gasteiger partial charge on any atom is 0.0433 e. The van der Waals surface area contributed by atoms with Crippen molar-refractivity contribution in [1.82, 2.24) is 0 Å². The van der Waals surface area contributed by atoms with Crippen LogP contribution in [0.15, 0.2) is 78.9 Å². The predicted molar refractivity (Wildman–Crippen MR) is 127 cm³/mol. The van der Waals surface area contributed by atoms with Crippen LogP contribution in [-0.2, 0) is 6.42 Å². The fraction of sp³-hybridized carbons (Fsp3) is 0.143. The number of rotatable bonds is 2. The van der Waals surface area contributed by atoms with E-state index in [0.29, 0.717) is 5.92 Å². The highest BCUT2D eigenvalue weighted by atomic mass is 32.1. The van der Waals surface area contributed by atoms with E-state index in [0.717, 1.165) is 6.42 Å². The van der Waals surface area contributed by atoms with Gasteiger partial charge in [-0.1, -0.05) is 80.6 Å². The molecule has 0 fully saturated rings. The summed E-state index contributed by atoms with van der Waals surface area (Å²) in [6.45, 7) is 4.55. The van der Waals surface area contributed by atoms with Gasteiger partial charge in [0.05, 0.1) is 0 Å². The Morgan fingerprint density at radius 1 is 0.690 bits per heavy atom. The highest BCUT2D eigenvalue weighted by Gasteiger charge is 2.20. The Morgan fingerprint density at radius 3 is 2.31 bits per heavy atom. The third kappa shape index (κ3) is 2.58. The Hall–Kier alpha value is -2.90. The van der Waals surface area contributed by atoms with E-state index in [1.165, 1.54) is 59.1 Å². The molecule has 0 saturated heterocycles. The first-order valence-corrected chi connectivity index (χ1v) is 11.2. The molecule has 1 aromatic heterocycles. The van der Waals surface area contributed by atoms with Gasteiger partial charge in [-0.15, -0.1) is 11.3 Å². The maximum atomic E-state index is 2.42. The highest BCUT2D eigenvalue weighted by Crippen LogP contribution is 2.43. The zero-order valence-electron chi connectivity index (χ0n) is 16.7. The molecule has 0 amide bonds. The summed E-state index contributed by atoms with van der Waals surface area (Å²) >= 11 is 1.91. The summed E-state index contributed by atoms with van der Waals surface area (Å²) in [5, 5.41) is 2.73. The molecule has 6 rings (SSSR count). The van der Waals surface area contributed by atoms with Crippen molar-refractivity contribution in [2.24, 2.45) is 0 Å². The molecule has 0 bridgehead atoms. The van der Waals surface area contributed by atoms with E-state index in [9.17, 15) is 0 Å². The van der Waals surface area contributed by atoms with E-state index in [1.54, 1.807) is 0 Å². The monoisotopic (exact) mass is 390 g/mol. The fourth-order valence-electron chi connectivity index (χ4n) is 4.69. The van der Waals surface area contributed by atoms with Gasteiger partial charge in [0.1, 0.15) is 0 Å². The minimum atomic E-state index is 0.555. The van der Waals surface area contributed by atoms with Crippen molar-refractivity contribution in [2.45, 2.75) is 26.2 Å². The molecule has 0 unspecified atom stereocenters. The molecule has 140 valence electrons. The lowest BCUT2D eigenvalue weighted by Gasteiger charge is -2.10. The second kappa shape index (κ2) is 6.30. The van der Waals surface area contributed by atoms with Gasteiger partial charge in [0, 0.05) is 20.2 Å². The summed E-state index contributed by atoms with van der Waals surface area (Å²) in [4.78, 5) is 0. The van der Waals surface area contributed by atoms with Crippen molar-refractivity contribution in [3.63, 3.8) is 0 Å². The average molecular weight is 391 g/mol. The van der Waals surface area contributed by atoms with Gasteiger partial charge < -0.3 is 0 Å². The molecule has 0 atom stereocenters. The van der Waals surface area contributed by atoms with Gasteiger partial charge in [-0.3, -0.25) is 0 Å². The van der Waals surface area contributed by atoms with Crippen molar-refractivity contribution in [2.75, 3.05) is 0 Å². The second-order valence-corrected chi connectivity index (χ2v) is 9.45. The topological polar surface area (TPSA) is 0 Å². The molecule has 0 nitrogen and oxygen atoms in total. The Balaban J connectivity index is 1.56. The van der Waals surface area contributed by atoms with E-state index in [1.807, 2.05) is 11.3 Å². The van der Waals surface area contributed by atoms with E-state index in [4.69, 9.17) is 0 Å². The third-order valence-corrected chi connectivity index (χ3v) is 7.52. The SMILES string of the molecule is CC(C)c1ccc2c(c1)-c1cc(-c3cccc4c3sc3ccccc34)ccc1C2. The smallest absolute Gasteiger partial charge is 0.0433 e. The Kier molecular flexibility index (Phi) is 3.69. The molecular weight excluding hydrogens is 368 g/mol. The molecule has 1 heteroatoms. The van der Waals surface area contributed by atoms with Gasteiger partial charge in [-0.05, 0) is 63.4 Å². The number of benzene rings is 4. The third-order valence-electron chi connectivity index (χ3n) is 6.30. The number of hydrogen-bond acceptors (Lipinski definition) is 1. The van der Waals surface area contributed by atoms with Gasteiger partial charge in [0.2, 0.25) is 0 Å². The van der Waals surface area contributed by atoms with Crippen LogP contribution >= 0.6 is 11.3 Å². The standard InChI is InChI=1S/C28H22S/c1-17(2)18-10-11-19-14-20-12-13-21(16-26(20)25(19)15-18)22-7-5-8-24-23-6-3-4-9-27(23)29-28(22)24/h3-13,15-17H,14H2,1-2H3.